The lowest BCUT2D eigenvalue weighted by Crippen LogP contribution is -2.49. The second-order valence-electron chi connectivity index (χ2n) is 5.40. The van der Waals surface area contributed by atoms with Gasteiger partial charge in [0, 0.05) is 13.1 Å². The van der Waals surface area contributed by atoms with Crippen molar-refractivity contribution in [3.05, 3.63) is 35.4 Å². The highest BCUT2D eigenvalue weighted by Gasteiger charge is 2.46. The Balaban J connectivity index is 1.77. The van der Waals surface area contributed by atoms with Crippen LogP contribution in [0.15, 0.2) is 24.3 Å². The number of aliphatic hydroxyl groups is 1. The third-order valence-corrected chi connectivity index (χ3v) is 5.62. The van der Waals surface area contributed by atoms with E-state index in [0.29, 0.717) is 25.9 Å². The van der Waals surface area contributed by atoms with Gasteiger partial charge in [-0.25, -0.2) is 0 Å². The van der Waals surface area contributed by atoms with E-state index in [1.54, 1.807) is 0 Å². The summed E-state index contributed by atoms with van der Waals surface area (Å²) in [7, 11) is -3.51. The molecule has 1 aliphatic heterocycles. The molecular formula is C13H18N2O3S. The molecule has 0 aromatic heterocycles. The highest BCUT2D eigenvalue weighted by Crippen LogP contribution is 2.36. The van der Waals surface area contributed by atoms with Crippen LogP contribution in [0.25, 0.3) is 0 Å². The van der Waals surface area contributed by atoms with Crippen molar-refractivity contribution in [2.24, 2.45) is 0 Å². The Morgan fingerprint density at radius 3 is 2.58 bits per heavy atom. The third-order valence-electron chi connectivity index (χ3n) is 3.94. The first-order valence-corrected chi connectivity index (χ1v) is 7.95. The van der Waals surface area contributed by atoms with Gasteiger partial charge in [-0.3, -0.25) is 0 Å². The molecule has 104 valence electrons. The highest BCUT2D eigenvalue weighted by atomic mass is 32.2. The van der Waals surface area contributed by atoms with Crippen LogP contribution < -0.4 is 4.72 Å². The number of hydrogen-bond donors (Lipinski definition) is 2. The number of aliphatic hydroxyl groups excluding tert-OH is 1. The molecular weight excluding hydrogens is 264 g/mol. The van der Waals surface area contributed by atoms with Crippen molar-refractivity contribution in [3.8, 4) is 0 Å². The van der Waals surface area contributed by atoms with Crippen molar-refractivity contribution in [2.45, 2.75) is 31.3 Å². The van der Waals surface area contributed by atoms with E-state index in [0.717, 1.165) is 12.0 Å². The van der Waals surface area contributed by atoms with Crippen molar-refractivity contribution in [3.63, 3.8) is 0 Å². The van der Waals surface area contributed by atoms with Crippen LogP contribution in [-0.2, 0) is 23.2 Å². The number of fused-ring (bicyclic) bond motifs is 1. The topological polar surface area (TPSA) is 69.6 Å². The first-order chi connectivity index (χ1) is 9.05. The summed E-state index contributed by atoms with van der Waals surface area (Å²) in [6.07, 6.45) is 2.17. The van der Waals surface area contributed by atoms with Gasteiger partial charge in [-0.05, 0) is 30.4 Å². The molecule has 0 radical (unpaired) electrons. The molecule has 2 N–H and O–H groups in total. The van der Waals surface area contributed by atoms with Crippen LogP contribution in [0.4, 0.5) is 0 Å². The quantitative estimate of drug-likeness (QED) is 0.840. The molecule has 1 aromatic carbocycles. The Kier molecular flexibility index (Phi) is 3.13. The van der Waals surface area contributed by atoms with Crippen LogP contribution in [0, 0.1) is 0 Å². The van der Waals surface area contributed by atoms with Gasteiger partial charge >= 0.3 is 0 Å². The molecule has 19 heavy (non-hydrogen) atoms. The van der Waals surface area contributed by atoms with Crippen molar-refractivity contribution in [2.75, 3.05) is 13.2 Å². The molecule has 1 aromatic rings. The number of rotatable bonds is 4. The zero-order chi connectivity index (χ0) is 13.5. The van der Waals surface area contributed by atoms with Gasteiger partial charge < -0.3 is 5.11 Å². The molecule has 2 aliphatic rings. The minimum atomic E-state index is -3.51. The largest absolute Gasteiger partial charge is 0.394 e. The summed E-state index contributed by atoms with van der Waals surface area (Å²) in [6.45, 7) is 0.775. The molecule has 0 unspecified atom stereocenters. The van der Waals surface area contributed by atoms with Gasteiger partial charge in [0.1, 0.15) is 0 Å². The van der Waals surface area contributed by atoms with E-state index < -0.39 is 15.7 Å². The molecule has 0 bridgehead atoms. The van der Waals surface area contributed by atoms with Gasteiger partial charge in [0.2, 0.25) is 0 Å². The number of nitrogens with zero attached hydrogens (tertiary/aromatic N) is 1. The minimum absolute atomic E-state index is 0.128. The lowest BCUT2D eigenvalue weighted by atomic mass is 10.0. The zero-order valence-electron chi connectivity index (χ0n) is 10.7. The van der Waals surface area contributed by atoms with Gasteiger partial charge in [-0.15, -0.1) is 0 Å². The molecule has 3 rings (SSSR count). The smallest absolute Gasteiger partial charge is 0.280 e. The van der Waals surface area contributed by atoms with Crippen molar-refractivity contribution >= 4 is 10.2 Å². The van der Waals surface area contributed by atoms with E-state index in [1.165, 1.54) is 9.87 Å². The second kappa shape index (κ2) is 4.56. The van der Waals surface area contributed by atoms with E-state index in [4.69, 9.17) is 0 Å². The van der Waals surface area contributed by atoms with Crippen LogP contribution in [0.1, 0.15) is 24.0 Å². The first kappa shape index (κ1) is 13.1. The third kappa shape index (κ3) is 2.53. The molecule has 6 heteroatoms. The number of benzene rings is 1. The summed E-state index contributed by atoms with van der Waals surface area (Å²) < 4.78 is 28.7. The van der Waals surface area contributed by atoms with E-state index in [9.17, 15) is 13.5 Å². The van der Waals surface area contributed by atoms with Crippen LogP contribution >= 0.6 is 0 Å². The summed E-state index contributed by atoms with van der Waals surface area (Å²) in [5.74, 6) is 0. The Labute approximate surface area is 113 Å². The molecule has 1 fully saturated rings. The van der Waals surface area contributed by atoms with Gasteiger partial charge in [-0.1, -0.05) is 24.3 Å². The van der Waals surface area contributed by atoms with Crippen LogP contribution in [0.2, 0.25) is 0 Å². The maximum atomic E-state index is 12.3. The minimum Gasteiger partial charge on any atom is -0.394 e. The van der Waals surface area contributed by atoms with E-state index in [-0.39, 0.29) is 6.61 Å². The van der Waals surface area contributed by atoms with Gasteiger partial charge in [0.05, 0.1) is 12.1 Å². The van der Waals surface area contributed by atoms with Gasteiger partial charge in [0.15, 0.2) is 0 Å². The summed E-state index contributed by atoms with van der Waals surface area (Å²) in [5, 5.41) is 9.23. The summed E-state index contributed by atoms with van der Waals surface area (Å²) >= 11 is 0. The lowest BCUT2D eigenvalue weighted by Gasteiger charge is -2.29. The van der Waals surface area contributed by atoms with Crippen molar-refractivity contribution in [1.82, 2.24) is 9.03 Å². The van der Waals surface area contributed by atoms with Gasteiger partial charge in [0.25, 0.3) is 10.2 Å². The van der Waals surface area contributed by atoms with E-state index >= 15 is 0 Å². The maximum absolute atomic E-state index is 12.3. The van der Waals surface area contributed by atoms with Crippen molar-refractivity contribution in [1.29, 1.82) is 0 Å². The Morgan fingerprint density at radius 1 is 1.26 bits per heavy atom. The molecule has 0 amide bonds. The van der Waals surface area contributed by atoms with E-state index in [1.807, 2.05) is 24.3 Å². The molecule has 1 saturated carbocycles. The molecule has 1 heterocycles. The standard InChI is InChI=1S/C13H18N2O3S/c16-10-13(6-7-13)14-19(17,18)15-8-5-11-3-1-2-4-12(11)9-15/h1-4,14,16H,5-10H2. The maximum Gasteiger partial charge on any atom is 0.280 e. The fraction of sp³-hybridized carbons (Fsp3) is 0.538. The summed E-state index contributed by atoms with van der Waals surface area (Å²) in [5.41, 5.74) is 1.68. The molecule has 0 atom stereocenters. The predicted octanol–water partition coefficient (Wildman–Crippen LogP) is 0.404. The fourth-order valence-electron chi connectivity index (χ4n) is 2.46. The Bertz CT molecular complexity index is 581. The second-order valence-corrected chi connectivity index (χ2v) is 7.07. The molecule has 0 saturated heterocycles. The monoisotopic (exact) mass is 282 g/mol. The Hall–Kier alpha value is -0.950. The zero-order valence-corrected chi connectivity index (χ0v) is 11.5. The normalized spacial score (nSPS) is 21.9. The predicted molar refractivity (Wildman–Crippen MR) is 71.7 cm³/mol. The van der Waals surface area contributed by atoms with Crippen molar-refractivity contribution < 1.29 is 13.5 Å². The fourth-order valence-corrected chi connectivity index (χ4v) is 4.04. The average Bonchev–Trinajstić information content (AvgIpc) is 3.18. The summed E-state index contributed by atoms with van der Waals surface area (Å²) in [6, 6.07) is 7.92. The number of hydrogen-bond acceptors (Lipinski definition) is 3. The molecule has 1 aliphatic carbocycles. The van der Waals surface area contributed by atoms with Crippen LogP contribution in [-0.4, -0.2) is 36.5 Å². The highest BCUT2D eigenvalue weighted by molar-refractivity contribution is 7.87. The SMILES string of the molecule is O=S(=O)(NC1(CO)CC1)N1CCc2ccccc2C1. The van der Waals surface area contributed by atoms with Crippen LogP contribution in [0.5, 0.6) is 0 Å². The summed E-state index contributed by atoms with van der Waals surface area (Å²) in [4.78, 5) is 0. The first-order valence-electron chi connectivity index (χ1n) is 6.51. The van der Waals surface area contributed by atoms with Crippen LogP contribution in [0.3, 0.4) is 0 Å². The Morgan fingerprint density at radius 2 is 1.95 bits per heavy atom. The number of nitrogens with one attached hydrogen (secondary N) is 1. The molecule has 0 spiro atoms. The average molecular weight is 282 g/mol. The molecule has 5 nitrogen and oxygen atoms in total. The van der Waals surface area contributed by atoms with Gasteiger partial charge in [-0.2, -0.15) is 17.4 Å². The van der Waals surface area contributed by atoms with E-state index in [2.05, 4.69) is 4.72 Å². The lowest BCUT2D eigenvalue weighted by molar-refractivity contribution is 0.243.